The molecule has 0 unspecified atom stereocenters. The molecule has 5 aromatic rings. The molecular formula is C33H30N4O7S. The van der Waals surface area contributed by atoms with Gasteiger partial charge in [-0.2, -0.15) is 13.5 Å². The topological polar surface area (TPSA) is 172 Å². The van der Waals surface area contributed by atoms with E-state index in [9.17, 15) is 27.7 Å². The predicted octanol–water partition coefficient (Wildman–Crippen LogP) is 7.66. The first-order valence-corrected chi connectivity index (χ1v) is 15.6. The van der Waals surface area contributed by atoms with Gasteiger partial charge in [0, 0.05) is 22.7 Å². The van der Waals surface area contributed by atoms with E-state index in [0.29, 0.717) is 23.2 Å². The number of ether oxygens (including phenoxy) is 1. The molecule has 5 aromatic carbocycles. The third kappa shape index (κ3) is 6.77. The minimum Gasteiger partial charge on any atom is -0.506 e. The largest absolute Gasteiger partial charge is 0.506 e. The van der Waals surface area contributed by atoms with Crippen molar-refractivity contribution in [3.05, 3.63) is 96.6 Å². The summed E-state index contributed by atoms with van der Waals surface area (Å²) in [6.45, 7) is 2.32. The van der Waals surface area contributed by atoms with Crippen LogP contribution >= 0.6 is 0 Å². The van der Waals surface area contributed by atoms with Gasteiger partial charge in [0.2, 0.25) is 0 Å². The predicted molar refractivity (Wildman–Crippen MR) is 171 cm³/mol. The van der Waals surface area contributed by atoms with Crippen LogP contribution in [-0.2, 0) is 10.1 Å². The molecule has 5 rings (SSSR count). The van der Waals surface area contributed by atoms with Gasteiger partial charge in [-0.25, -0.2) is 4.79 Å². The number of aromatic hydroxyl groups is 1. The second kappa shape index (κ2) is 13.1. The normalized spacial score (nSPS) is 11.7. The highest BCUT2D eigenvalue weighted by molar-refractivity contribution is 7.85. The Morgan fingerprint density at radius 1 is 0.889 bits per heavy atom. The number of nitrogens with zero attached hydrogens (tertiary/aromatic N) is 3. The average Bonchev–Trinajstić information content (AvgIpc) is 3.02. The van der Waals surface area contributed by atoms with Gasteiger partial charge in [0.15, 0.2) is 0 Å². The number of hydrogen-bond donors (Lipinski definition) is 3. The van der Waals surface area contributed by atoms with Gasteiger partial charge in [0.25, 0.3) is 16.0 Å². The monoisotopic (exact) mass is 626 g/mol. The van der Waals surface area contributed by atoms with E-state index in [2.05, 4.69) is 10.2 Å². The van der Waals surface area contributed by atoms with E-state index in [1.54, 1.807) is 30.3 Å². The van der Waals surface area contributed by atoms with Crippen molar-refractivity contribution < 1.29 is 32.4 Å². The number of carbonyl (C=O) groups is 2. The third-order valence-corrected chi connectivity index (χ3v) is 8.07. The van der Waals surface area contributed by atoms with E-state index < -0.39 is 22.1 Å². The molecule has 0 aliphatic heterocycles. The number of nitrogens with two attached hydrogens (primary N) is 1. The van der Waals surface area contributed by atoms with Crippen LogP contribution in [0.25, 0.3) is 21.5 Å². The summed E-state index contributed by atoms with van der Waals surface area (Å²) in [6, 6.07) is 24.1. The van der Waals surface area contributed by atoms with E-state index in [0.717, 1.165) is 35.7 Å². The fraction of sp³-hybridized carbons (Fsp3) is 0.152. The lowest BCUT2D eigenvalue weighted by Crippen LogP contribution is -2.34. The number of rotatable bonds is 10. The molecule has 0 saturated heterocycles. The SMILES string of the molecule is CCCCCN(C(=O)Oc1cccc2ccccc12)c1cccc2c(O)c(C(N)=O)cc(N=Nc3ccc(S(=O)(=O)O)cc3)c12. The molecule has 0 fully saturated rings. The number of hydrogen-bond acceptors (Lipinski definition) is 8. The minimum atomic E-state index is -4.40. The highest BCUT2D eigenvalue weighted by Crippen LogP contribution is 2.42. The fourth-order valence-corrected chi connectivity index (χ4v) is 5.46. The van der Waals surface area contributed by atoms with Gasteiger partial charge in [-0.1, -0.05) is 68.3 Å². The first-order valence-electron chi connectivity index (χ1n) is 14.1. The Labute approximate surface area is 259 Å². The van der Waals surface area contributed by atoms with Crippen LogP contribution in [0, 0.1) is 0 Å². The van der Waals surface area contributed by atoms with E-state index in [1.807, 2.05) is 37.3 Å². The average molecular weight is 627 g/mol. The first-order chi connectivity index (χ1) is 21.6. The van der Waals surface area contributed by atoms with Crippen molar-refractivity contribution in [3.63, 3.8) is 0 Å². The second-order valence-electron chi connectivity index (χ2n) is 10.2. The molecule has 0 saturated carbocycles. The van der Waals surface area contributed by atoms with Crippen molar-refractivity contribution in [3.8, 4) is 11.5 Å². The summed E-state index contributed by atoms with van der Waals surface area (Å²) in [5.74, 6) is -0.901. The molecule has 4 N–H and O–H groups in total. The van der Waals surface area contributed by atoms with E-state index in [1.165, 1.54) is 23.1 Å². The number of fused-ring (bicyclic) bond motifs is 2. The van der Waals surface area contributed by atoms with Gasteiger partial charge in [-0.05, 0) is 54.3 Å². The summed E-state index contributed by atoms with van der Waals surface area (Å²) in [4.78, 5) is 27.3. The van der Waals surface area contributed by atoms with Crippen LogP contribution < -0.4 is 15.4 Å². The van der Waals surface area contributed by atoms with E-state index >= 15 is 0 Å². The molecule has 45 heavy (non-hydrogen) atoms. The Morgan fingerprint density at radius 3 is 2.29 bits per heavy atom. The lowest BCUT2D eigenvalue weighted by molar-refractivity contribution is 0.0998. The van der Waals surface area contributed by atoms with Crippen LogP contribution in [0.5, 0.6) is 11.5 Å². The van der Waals surface area contributed by atoms with Crippen LogP contribution in [0.1, 0.15) is 36.5 Å². The van der Waals surface area contributed by atoms with Gasteiger partial charge < -0.3 is 15.6 Å². The number of benzene rings is 5. The maximum atomic E-state index is 13.9. The molecule has 0 atom stereocenters. The van der Waals surface area contributed by atoms with Crippen LogP contribution in [0.15, 0.2) is 106 Å². The molecule has 230 valence electrons. The molecule has 0 heterocycles. The number of anilines is 1. The second-order valence-corrected chi connectivity index (χ2v) is 11.7. The van der Waals surface area contributed by atoms with Crippen molar-refractivity contribution in [1.29, 1.82) is 0 Å². The Kier molecular flexibility index (Phi) is 9.07. The van der Waals surface area contributed by atoms with Gasteiger partial charge in [0.1, 0.15) is 11.5 Å². The molecule has 0 bridgehead atoms. The summed E-state index contributed by atoms with van der Waals surface area (Å²) < 4.78 is 38.1. The summed E-state index contributed by atoms with van der Waals surface area (Å²) in [5, 5.41) is 21.7. The number of unbranched alkanes of at least 4 members (excludes halogenated alkanes) is 2. The van der Waals surface area contributed by atoms with Gasteiger partial charge in [-0.15, -0.1) is 5.11 Å². The molecule has 11 nitrogen and oxygen atoms in total. The van der Waals surface area contributed by atoms with Gasteiger partial charge in [0.05, 0.1) is 27.5 Å². The number of primary amides is 1. The Morgan fingerprint density at radius 2 is 1.58 bits per heavy atom. The van der Waals surface area contributed by atoms with Crippen molar-refractivity contribution in [1.82, 2.24) is 0 Å². The van der Waals surface area contributed by atoms with Gasteiger partial charge >= 0.3 is 6.09 Å². The Hall–Kier alpha value is -5.33. The first kappa shape index (κ1) is 31.1. The summed E-state index contributed by atoms with van der Waals surface area (Å²) in [6.07, 6.45) is 1.74. The van der Waals surface area contributed by atoms with Gasteiger partial charge in [-0.3, -0.25) is 14.2 Å². The molecule has 12 heteroatoms. The third-order valence-electron chi connectivity index (χ3n) is 7.21. The lowest BCUT2D eigenvalue weighted by atomic mass is 10.0. The van der Waals surface area contributed by atoms with Crippen molar-refractivity contribution >= 4 is 60.7 Å². The van der Waals surface area contributed by atoms with Crippen LogP contribution in [-0.4, -0.2) is 36.6 Å². The molecule has 0 aliphatic rings. The molecule has 0 aliphatic carbocycles. The summed E-state index contributed by atoms with van der Waals surface area (Å²) in [7, 11) is -4.40. The number of azo groups is 1. The Balaban J connectivity index is 1.64. The molecular weight excluding hydrogens is 596 g/mol. The van der Waals surface area contributed by atoms with Crippen LogP contribution in [0.4, 0.5) is 21.9 Å². The van der Waals surface area contributed by atoms with E-state index in [-0.39, 0.29) is 39.5 Å². The molecule has 0 radical (unpaired) electrons. The zero-order chi connectivity index (χ0) is 32.1. The highest BCUT2D eigenvalue weighted by atomic mass is 32.2. The summed E-state index contributed by atoms with van der Waals surface area (Å²) in [5.41, 5.74) is 6.06. The molecule has 0 spiro atoms. The van der Waals surface area contributed by atoms with Crippen LogP contribution in [0.3, 0.4) is 0 Å². The number of carbonyl (C=O) groups excluding carboxylic acids is 2. The van der Waals surface area contributed by atoms with E-state index in [4.69, 9.17) is 10.5 Å². The Bertz CT molecular complexity index is 2040. The molecule has 2 amide bonds. The van der Waals surface area contributed by atoms with Crippen molar-refractivity contribution in [2.24, 2.45) is 16.0 Å². The number of amides is 2. The zero-order valence-electron chi connectivity index (χ0n) is 24.3. The minimum absolute atomic E-state index is 0.115. The highest BCUT2D eigenvalue weighted by Gasteiger charge is 2.25. The fourth-order valence-electron chi connectivity index (χ4n) is 4.98. The lowest BCUT2D eigenvalue weighted by Gasteiger charge is -2.25. The maximum absolute atomic E-state index is 13.9. The van der Waals surface area contributed by atoms with Crippen molar-refractivity contribution in [2.45, 2.75) is 31.1 Å². The standard InChI is InChI=1S/C33H30N4O7S/c1-2-3-6-19-37(33(40)44-29-14-7-10-21-9-4-5-11-24(21)29)28-13-8-12-25-30(28)27(20-26(31(25)38)32(34)39)36-35-22-15-17-23(18-16-22)45(41,42)43/h4-5,7-18,20,38H,2-3,6,19H2,1H3,(H2,34,39)(H,41,42,43). The zero-order valence-corrected chi connectivity index (χ0v) is 25.1. The number of phenols is 1. The quantitative estimate of drug-likeness (QED) is 0.0811. The summed E-state index contributed by atoms with van der Waals surface area (Å²) >= 11 is 0. The molecule has 0 aromatic heterocycles. The maximum Gasteiger partial charge on any atom is 0.419 e. The van der Waals surface area contributed by atoms with Crippen LogP contribution in [0.2, 0.25) is 0 Å². The smallest absolute Gasteiger partial charge is 0.419 e. The van der Waals surface area contributed by atoms with Crippen molar-refractivity contribution in [2.75, 3.05) is 11.4 Å².